The Kier molecular flexibility index (Phi) is 6.67. The van der Waals surface area contributed by atoms with Crippen LogP contribution < -0.4 is 10.3 Å². The van der Waals surface area contributed by atoms with E-state index in [1.165, 1.54) is 4.68 Å². The fourth-order valence-electron chi connectivity index (χ4n) is 2.77. The highest BCUT2D eigenvalue weighted by molar-refractivity contribution is 9.10. The van der Waals surface area contributed by atoms with Crippen LogP contribution in [-0.2, 0) is 0 Å². The number of nitrogens with zero attached hydrogens (tertiary/aromatic N) is 3. The van der Waals surface area contributed by atoms with E-state index in [2.05, 4.69) is 43.9 Å². The Morgan fingerprint density at radius 3 is 2.68 bits per heavy atom. The molecule has 0 saturated carbocycles. The summed E-state index contributed by atoms with van der Waals surface area (Å²) in [5.74, 6) is 1.53. The monoisotopic (exact) mass is 505 g/mol. The van der Waals surface area contributed by atoms with E-state index in [0.717, 1.165) is 26.7 Å². The molecule has 3 aromatic rings. The fourth-order valence-corrected chi connectivity index (χ4v) is 3.65. The Balaban J connectivity index is 2.10. The number of benzene rings is 2. The van der Waals surface area contributed by atoms with Crippen molar-refractivity contribution in [2.75, 3.05) is 6.61 Å². The first-order valence-electron chi connectivity index (χ1n) is 9.13. The highest BCUT2D eigenvalue weighted by atomic mass is 79.9. The van der Waals surface area contributed by atoms with Gasteiger partial charge in [-0.3, -0.25) is 4.79 Å². The molecule has 0 radical (unpaired) electrons. The summed E-state index contributed by atoms with van der Waals surface area (Å²) in [4.78, 5) is 17.8. The maximum atomic E-state index is 13.1. The third kappa shape index (κ3) is 4.36. The molecule has 2 aromatic carbocycles. The highest BCUT2D eigenvalue weighted by Crippen LogP contribution is 2.25. The van der Waals surface area contributed by atoms with Crippen LogP contribution >= 0.6 is 31.9 Å². The minimum Gasteiger partial charge on any atom is -0.493 e. The summed E-state index contributed by atoms with van der Waals surface area (Å²) in [6, 6.07) is 11.2. The van der Waals surface area contributed by atoms with Crippen molar-refractivity contribution in [3.63, 3.8) is 0 Å². The highest BCUT2D eigenvalue weighted by Gasteiger charge is 2.15. The van der Waals surface area contributed by atoms with E-state index in [9.17, 15) is 4.79 Å². The van der Waals surface area contributed by atoms with E-state index in [1.807, 2.05) is 44.2 Å². The lowest BCUT2D eigenvalue weighted by Crippen LogP contribution is -2.23. The maximum absolute atomic E-state index is 13.1. The smallest absolute Gasteiger partial charge is 0.282 e. The fraction of sp³-hybridized carbons (Fsp3) is 0.286. The van der Waals surface area contributed by atoms with Gasteiger partial charge in [-0.25, -0.2) is 4.98 Å². The number of ether oxygens (including phenoxy) is 1. The summed E-state index contributed by atoms with van der Waals surface area (Å²) in [5.41, 5.74) is 1.35. The first-order chi connectivity index (χ1) is 13.4. The molecule has 0 bridgehead atoms. The van der Waals surface area contributed by atoms with Crippen molar-refractivity contribution in [2.45, 2.75) is 33.1 Å². The van der Waals surface area contributed by atoms with Gasteiger partial charge in [-0.15, -0.1) is 0 Å². The minimum absolute atomic E-state index is 0.102. The first kappa shape index (κ1) is 20.7. The summed E-state index contributed by atoms with van der Waals surface area (Å²) in [6.07, 6.45) is 2.53. The molecule has 0 spiro atoms. The van der Waals surface area contributed by atoms with Gasteiger partial charge < -0.3 is 4.74 Å². The predicted octanol–water partition coefficient (Wildman–Crippen LogP) is 5.72. The van der Waals surface area contributed by atoms with E-state index in [1.54, 1.807) is 12.3 Å². The van der Waals surface area contributed by atoms with Crippen molar-refractivity contribution in [1.82, 2.24) is 9.66 Å². The van der Waals surface area contributed by atoms with Gasteiger partial charge in [-0.1, -0.05) is 29.8 Å². The van der Waals surface area contributed by atoms with Gasteiger partial charge in [0.15, 0.2) is 0 Å². The van der Waals surface area contributed by atoms with Crippen molar-refractivity contribution < 1.29 is 4.74 Å². The van der Waals surface area contributed by atoms with Gasteiger partial charge in [0.1, 0.15) is 11.6 Å². The Morgan fingerprint density at radius 2 is 2.00 bits per heavy atom. The van der Waals surface area contributed by atoms with Gasteiger partial charge in [-0.05, 0) is 71.2 Å². The summed E-state index contributed by atoms with van der Waals surface area (Å²) in [6.45, 7) is 6.65. The quantitative estimate of drug-likeness (QED) is 0.402. The lowest BCUT2D eigenvalue weighted by atomic mass is 10.1. The van der Waals surface area contributed by atoms with Crippen molar-refractivity contribution in [1.29, 1.82) is 0 Å². The molecule has 0 unspecified atom stereocenters. The van der Waals surface area contributed by atoms with E-state index in [4.69, 9.17) is 9.72 Å². The van der Waals surface area contributed by atoms with Gasteiger partial charge in [0.05, 0.1) is 28.2 Å². The largest absolute Gasteiger partial charge is 0.493 e. The average molecular weight is 507 g/mol. The maximum Gasteiger partial charge on any atom is 0.282 e. The normalized spacial score (nSPS) is 12.6. The molecule has 0 aliphatic heterocycles. The van der Waals surface area contributed by atoms with Crippen LogP contribution in [-0.4, -0.2) is 22.5 Å². The molecule has 0 aliphatic carbocycles. The zero-order valence-corrected chi connectivity index (χ0v) is 19.1. The topological polar surface area (TPSA) is 56.5 Å². The predicted molar refractivity (Wildman–Crippen MR) is 121 cm³/mol. The van der Waals surface area contributed by atoms with Crippen molar-refractivity contribution in [3.8, 4) is 5.75 Å². The Hall–Kier alpha value is -1.99. The van der Waals surface area contributed by atoms with Gasteiger partial charge in [0, 0.05) is 10.4 Å². The van der Waals surface area contributed by atoms with E-state index < -0.39 is 0 Å². The van der Waals surface area contributed by atoms with Gasteiger partial charge >= 0.3 is 0 Å². The first-order valence-corrected chi connectivity index (χ1v) is 10.7. The Morgan fingerprint density at radius 1 is 1.21 bits per heavy atom. The lowest BCUT2D eigenvalue weighted by Gasteiger charge is -2.14. The van der Waals surface area contributed by atoms with Crippen LogP contribution in [0.3, 0.4) is 0 Å². The Labute approximate surface area is 180 Å². The third-order valence-corrected chi connectivity index (χ3v) is 5.58. The van der Waals surface area contributed by atoms with Crippen molar-refractivity contribution in [3.05, 3.63) is 67.1 Å². The number of rotatable bonds is 6. The van der Waals surface area contributed by atoms with Crippen LogP contribution in [0.25, 0.3) is 10.9 Å². The number of fused-ring (bicyclic) bond motifs is 1. The van der Waals surface area contributed by atoms with Crippen LogP contribution in [0.5, 0.6) is 5.75 Å². The van der Waals surface area contributed by atoms with Crippen molar-refractivity contribution >= 4 is 49.0 Å². The summed E-state index contributed by atoms with van der Waals surface area (Å²) >= 11 is 6.93. The van der Waals surface area contributed by atoms with Crippen LogP contribution in [0.15, 0.2) is 55.2 Å². The molecule has 0 saturated heterocycles. The standard InChI is InChI=1S/C21H21Br2N3O2/c1-4-13(3)20-25-18-8-7-15(22)11-16(18)21(27)26(20)24-12-14-6-9-19(28-5-2)17(23)10-14/h6-13H,4-5H2,1-3H3/t13-/m1/s1. The molecule has 5 nitrogen and oxygen atoms in total. The molecular weight excluding hydrogens is 486 g/mol. The van der Waals surface area contributed by atoms with Crippen LogP contribution in [0.2, 0.25) is 0 Å². The molecular formula is C21H21Br2N3O2. The number of aromatic nitrogens is 2. The second-order valence-corrected chi connectivity index (χ2v) is 8.20. The number of hydrogen-bond donors (Lipinski definition) is 0. The molecule has 0 N–H and O–H groups in total. The molecule has 3 rings (SSSR count). The molecule has 0 amide bonds. The minimum atomic E-state index is -0.178. The molecule has 1 aromatic heterocycles. The molecule has 1 heterocycles. The number of hydrogen-bond acceptors (Lipinski definition) is 4. The molecule has 7 heteroatoms. The Bertz CT molecular complexity index is 1090. The molecule has 28 heavy (non-hydrogen) atoms. The van der Waals surface area contributed by atoms with Crippen LogP contribution in [0, 0.1) is 0 Å². The van der Waals surface area contributed by atoms with E-state index >= 15 is 0 Å². The summed E-state index contributed by atoms with van der Waals surface area (Å²) in [5, 5.41) is 5.02. The van der Waals surface area contributed by atoms with E-state index in [0.29, 0.717) is 23.3 Å². The summed E-state index contributed by atoms with van der Waals surface area (Å²) < 4.78 is 8.62. The molecule has 146 valence electrons. The number of halogens is 2. The van der Waals surface area contributed by atoms with Gasteiger partial charge in [0.2, 0.25) is 0 Å². The van der Waals surface area contributed by atoms with Gasteiger partial charge in [-0.2, -0.15) is 9.78 Å². The zero-order valence-electron chi connectivity index (χ0n) is 15.9. The van der Waals surface area contributed by atoms with Crippen molar-refractivity contribution in [2.24, 2.45) is 5.10 Å². The second kappa shape index (κ2) is 9.01. The second-order valence-electron chi connectivity index (χ2n) is 6.43. The average Bonchev–Trinajstić information content (AvgIpc) is 2.69. The van der Waals surface area contributed by atoms with Crippen LogP contribution in [0.1, 0.15) is 44.5 Å². The third-order valence-electron chi connectivity index (χ3n) is 4.46. The molecule has 1 atom stereocenters. The zero-order chi connectivity index (χ0) is 20.3. The summed E-state index contributed by atoms with van der Waals surface area (Å²) in [7, 11) is 0. The van der Waals surface area contributed by atoms with Crippen LogP contribution in [0.4, 0.5) is 0 Å². The molecule has 0 aliphatic rings. The van der Waals surface area contributed by atoms with Gasteiger partial charge in [0.25, 0.3) is 5.56 Å². The lowest BCUT2D eigenvalue weighted by molar-refractivity contribution is 0.338. The SMILES string of the molecule is CCOc1ccc(C=Nn2c([C@H](C)CC)nc3ccc(Br)cc3c2=O)cc1Br. The molecule has 0 fully saturated rings. The van der Waals surface area contributed by atoms with E-state index in [-0.39, 0.29) is 11.5 Å².